The van der Waals surface area contributed by atoms with Crippen molar-refractivity contribution >= 4 is 11.6 Å². The molecule has 1 atom stereocenters. The predicted molar refractivity (Wildman–Crippen MR) is 78.5 cm³/mol. The second-order valence-corrected chi connectivity index (χ2v) is 6.26. The van der Waals surface area contributed by atoms with Crippen LogP contribution in [0.25, 0.3) is 0 Å². The Bertz CT molecular complexity index is 470. The highest BCUT2D eigenvalue weighted by atomic mass is 16.1. The normalized spacial score (nSPS) is 24.1. The lowest BCUT2D eigenvalue weighted by Gasteiger charge is -2.32. The van der Waals surface area contributed by atoms with E-state index >= 15 is 0 Å². The molecule has 2 aliphatic carbocycles. The van der Waals surface area contributed by atoms with Gasteiger partial charge in [0.1, 0.15) is 6.54 Å². The zero-order valence-corrected chi connectivity index (χ0v) is 12.2. The molecule has 1 unspecified atom stereocenters. The summed E-state index contributed by atoms with van der Waals surface area (Å²) in [5.41, 5.74) is 1.58. The van der Waals surface area contributed by atoms with E-state index in [1.54, 1.807) is 11.7 Å². The molecule has 0 bridgehead atoms. The van der Waals surface area contributed by atoms with E-state index in [9.17, 15) is 4.79 Å². The molecule has 20 heavy (non-hydrogen) atoms. The molecule has 5 nitrogen and oxygen atoms in total. The van der Waals surface area contributed by atoms with Crippen LogP contribution in [0.5, 0.6) is 0 Å². The summed E-state index contributed by atoms with van der Waals surface area (Å²) in [5, 5.41) is 10.5. The van der Waals surface area contributed by atoms with Gasteiger partial charge in [0.15, 0.2) is 0 Å². The van der Waals surface area contributed by atoms with Crippen LogP contribution in [0, 0.1) is 5.41 Å². The molecule has 1 amide bonds. The molecule has 1 spiro atoms. The molecular weight excluding hydrogens is 252 g/mol. The Morgan fingerprint density at radius 3 is 2.90 bits per heavy atom. The van der Waals surface area contributed by atoms with Crippen LogP contribution in [0.15, 0.2) is 12.4 Å². The Kier molecular flexibility index (Phi) is 3.68. The minimum Gasteiger partial charge on any atom is -0.379 e. The van der Waals surface area contributed by atoms with Crippen molar-refractivity contribution in [1.29, 1.82) is 0 Å². The Labute approximate surface area is 120 Å². The van der Waals surface area contributed by atoms with Crippen LogP contribution in [0.4, 0.5) is 5.69 Å². The first kappa shape index (κ1) is 13.5. The van der Waals surface area contributed by atoms with Gasteiger partial charge in [-0.2, -0.15) is 5.10 Å². The fraction of sp³-hybridized carbons (Fsp3) is 0.733. The molecule has 1 aromatic heterocycles. The van der Waals surface area contributed by atoms with Crippen molar-refractivity contribution in [2.24, 2.45) is 5.41 Å². The standard InChI is InChI=1S/C15H24N4O/c1-16-14(20)11-19-10-12(9-17-19)18-13-5-4-8-15(13)6-2-3-7-15/h9-10,13,18H,2-8,11H2,1H3,(H,16,20). The van der Waals surface area contributed by atoms with E-state index in [0.717, 1.165) is 5.69 Å². The van der Waals surface area contributed by atoms with Crippen LogP contribution < -0.4 is 10.6 Å². The van der Waals surface area contributed by atoms with Crippen LogP contribution in [0.2, 0.25) is 0 Å². The maximum atomic E-state index is 11.3. The molecular formula is C15H24N4O. The number of nitrogens with one attached hydrogen (secondary N) is 2. The smallest absolute Gasteiger partial charge is 0.241 e. The first-order chi connectivity index (χ1) is 9.72. The van der Waals surface area contributed by atoms with Crippen LogP contribution in [0.3, 0.4) is 0 Å². The number of rotatable bonds is 4. The molecule has 0 radical (unpaired) electrons. The van der Waals surface area contributed by atoms with E-state index in [1.165, 1.54) is 44.9 Å². The van der Waals surface area contributed by atoms with Gasteiger partial charge in [0.2, 0.25) is 5.91 Å². The van der Waals surface area contributed by atoms with Crippen molar-refractivity contribution < 1.29 is 4.79 Å². The lowest BCUT2D eigenvalue weighted by Crippen LogP contribution is -2.33. The van der Waals surface area contributed by atoms with E-state index < -0.39 is 0 Å². The number of amides is 1. The number of carbonyl (C=O) groups excluding carboxylic acids is 1. The number of aromatic nitrogens is 2. The summed E-state index contributed by atoms with van der Waals surface area (Å²) in [6, 6.07) is 0.586. The first-order valence-corrected chi connectivity index (χ1v) is 7.71. The van der Waals surface area contributed by atoms with Crippen molar-refractivity contribution in [3.05, 3.63) is 12.4 Å². The lowest BCUT2D eigenvalue weighted by molar-refractivity contribution is -0.121. The molecule has 1 heterocycles. The van der Waals surface area contributed by atoms with Crippen molar-refractivity contribution in [2.75, 3.05) is 12.4 Å². The average molecular weight is 276 g/mol. The van der Waals surface area contributed by atoms with Gasteiger partial charge in [-0.05, 0) is 31.1 Å². The molecule has 0 aliphatic heterocycles. The summed E-state index contributed by atoms with van der Waals surface area (Å²) in [4.78, 5) is 11.3. The summed E-state index contributed by atoms with van der Waals surface area (Å²) >= 11 is 0. The highest BCUT2D eigenvalue weighted by Gasteiger charge is 2.44. The molecule has 2 N–H and O–H groups in total. The third kappa shape index (κ3) is 2.53. The molecule has 2 saturated carbocycles. The number of likely N-dealkylation sites (N-methyl/N-ethyl adjacent to an activating group) is 1. The van der Waals surface area contributed by atoms with E-state index in [2.05, 4.69) is 15.7 Å². The van der Waals surface area contributed by atoms with Crippen molar-refractivity contribution in [3.8, 4) is 0 Å². The molecule has 0 aromatic carbocycles. The van der Waals surface area contributed by atoms with Gasteiger partial charge in [-0.1, -0.05) is 19.3 Å². The topological polar surface area (TPSA) is 59.0 Å². The van der Waals surface area contributed by atoms with Crippen LogP contribution in [-0.2, 0) is 11.3 Å². The van der Waals surface area contributed by atoms with Gasteiger partial charge in [-0.3, -0.25) is 9.48 Å². The maximum Gasteiger partial charge on any atom is 0.241 e. The number of carbonyl (C=O) groups is 1. The fourth-order valence-electron chi connectivity index (χ4n) is 3.99. The zero-order valence-electron chi connectivity index (χ0n) is 12.2. The van der Waals surface area contributed by atoms with Gasteiger partial charge in [-0.25, -0.2) is 0 Å². The summed E-state index contributed by atoms with van der Waals surface area (Å²) in [6.07, 6.45) is 13.3. The molecule has 110 valence electrons. The van der Waals surface area contributed by atoms with Crippen molar-refractivity contribution in [2.45, 2.75) is 57.5 Å². The van der Waals surface area contributed by atoms with Crippen LogP contribution in [0.1, 0.15) is 44.9 Å². The fourth-order valence-corrected chi connectivity index (χ4v) is 3.99. The summed E-state index contributed by atoms with van der Waals surface area (Å²) < 4.78 is 1.69. The van der Waals surface area contributed by atoms with E-state index in [0.29, 0.717) is 11.5 Å². The zero-order chi connectivity index (χ0) is 14.0. The van der Waals surface area contributed by atoms with E-state index in [1.807, 2.05) is 12.4 Å². The molecule has 2 aliphatic rings. The quantitative estimate of drug-likeness (QED) is 0.886. The second kappa shape index (κ2) is 5.46. The monoisotopic (exact) mass is 276 g/mol. The van der Waals surface area contributed by atoms with Crippen LogP contribution in [-0.4, -0.2) is 28.8 Å². The molecule has 2 fully saturated rings. The van der Waals surface area contributed by atoms with Gasteiger partial charge >= 0.3 is 0 Å². The number of hydrogen-bond donors (Lipinski definition) is 2. The second-order valence-electron chi connectivity index (χ2n) is 6.26. The van der Waals surface area contributed by atoms with E-state index in [-0.39, 0.29) is 12.5 Å². The summed E-state index contributed by atoms with van der Waals surface area (Å²) in [6.45, 7) is 0.286. The summed E-state index contributed by atoms with van der Waals surface area (Å²) in [7, 11) is 1.65. The van der Waals surface area contributed by atoms with Gasteiger partial charge in [0.25, 0.3) is 0 Å². The third-order valence-corrected chi connectivity index (χ3v) is 5.06. The Morgan fingerprint density at radius 1 is 1.40 bits per heavy atom. The number of anilines is 1. The minimum absolute atomic E-state index is 0.0206. The summed E-state index contributed by atoms with van der Waals surface area (Å²) in [5.74, 6) is -0.0206. The molecule has 0 saturated heterocycles. The largest absolute Gasteiger partial charge is 0.379 e. The maximum absolute atomic E-state index is 11.3. The Hall–Kier alpha value is -1.52. The first-order valence-electron chi connectivity index (χ1n) is 7.71. The van der Waals surface area contributed by atoms with Crippen molar-refractivity contribution in [1.82, 2.24) is 15.1 Å². The highest BCUT2D eigenvalue weighted by molar-refractivity contribution is 5.75. The number of hydrogen-bond acceptors (Lipinski definition) is 3. The molecule has 1 aromatic rings. The molecule has 5 heteroatoms. The Balaban J connectivity index is 1.64. The Morgan fingerprint density at radius 2 is 2.15 bits per heavy atom. The van der Waals surface area contributed by atoms with Gasteiger partial charge in [-0.15, -0.1) is 0 Å². The number of nitrogens with zero attached hydrogens (tertiary/aromatic N) is 2. The van der Waals surface area contributed by atoms with Gasteiger partial charge in [0.05, 0.1) is 11.9 Å². The third-order valence-electron chi connectivity index (χ3n) is 5.06. The van der Waals surface area contributed by atoms with Gasteiger partial charge < -0.3 is 10.6 Å². The predicted octanol–water partition coefficient (Wildman–Crippen LogP) is 2.15. The SMILES string of the molecule is CNC(=O)Cn1cc(NC2CCCC23CCCC3)cn1. The molecule has 3 rings (SSSR count). The van der Waals surface area contributed by atoms with Crippen molar-refractivity contribution in [3.63, 3.8) is 0 Å². The highest BCUT2D eigenvalue weighted by Crippen LogP contribution is 2.51. The lowest BCUT2D eigenvalue weighted by atomic mass is 9.81. The van der Waals surface area contributed by atoms with Crippen LogP contribution >= 0.6 is 0 Å². The average Bonchev–Trinajstić information content (AvgIpc) is 3.16. The van der Waals surface area contributed by atoms with Gasteiger partial charge in [0, 0.05) is 19.3 Å². The minimum atomic E-state index is -0.0206. The van der Waals surface area contributed by atoms with E-state index in [4.69, 9.17) is 0 Å².